The van der Waals surface area contributed by atoms with E-state index in [2.05, 4.69) is 34.8 Å². The summed E-state index contributed by atoms with van der Waals surface area (Å²) in [6, 6.07) is 7.17. The van der Waals surface area contributed by atoms with Gasteiger partial charge in [-0.05, 0) is 59.4 Å². The number of aliphatic hydroxyl groups excluding tert-OH is 1. The summed E-state index contributed by atoms with van der Waals surface area (Å²) in [5.74, 6) is -0.218. The van der Waals surface area contributed by atoms with Gasteiger partial charge in [-0.15, -0.1) is 11.3 Å². The highest BCUT2D eigenvalue weighted by Gasteiger charge is 2.39. The molecule has 3 rings (SSSR count). The van der Waals surface area contributed by atoms with E-state index in [4.69, 9.17) is 4.74 Å². The molecule has 0 radical (unpaired) electrons. The summed E-state index contributed by atoms with van der Waals surface area (Å²) in [4.78, 5) is 61.4. The minimum absolute atomic E-state index is 0.0583. The first-order chi connectivity index (χ1) is 23.7. The third-order valence-electron chi connectivity index (χ3n) is 8.09. The van der Waals surface area contributed by atoms with Crippen LogP contribution in [0, 0.1) is 5.92 Å². The van der Waals surface area contributed by atoms with Gasteiger partial charge in [0.2, 0.25) is 11.8 Å². The summed E-state index contributed by atoms with van der Waals surface area (Å²) >= 11 is 2.63. The number of thioether (sulfide) groups is 1. The van der Waals surface area contributed by atoms with Crippen LogP contribution in [0.4, 0.5) is 9.59 Å². The lowest BCUT2D eigenvalue weighted by atomic mass is 9.97. The number of carbonyl (C=O) groups excluding carboxylic acids is 4. The first-order valence-electron chi connectivity index (χ1n) is 17.7. The van der Waals surface area contributed by atoms with E-state index in [1.807, 2.05) is 75.2 Å². The summed E-state index contributed by atoms with van der Waals surface area (Å²) in [6.07, 6.45) is -1.28. The van der Waals surface area contributed by atoms with E-state index in [-0.39, 0.29) is 30.2 Å². The molecule has 4 N–H and O–H groups in total. The number of hydrogen-bond donors (Lipinski definition) is 4. The number of carbonyl (C=O) groups is 4. The van der Waals surface area contributed by atoms with Crippen LogP contribution in [0.2, 0.25) is 0 Å². The van der Waals surface area contributed by atoms with Crippen molar-refractivity contribution in [2.45, 2.75) is 123 Å². The maximum atomic E-state index is 13.8. The molecule has 1 saturated heterocycles. The van der Waals surface area contributed by atoms with Gasteiger partial charge < -0.3 is 30.7 Å². The molecule has 0 bridgehead atoms. The highest BCUT2D eigenvalue weighted by molar-refractivity contribution is 8.12. The highest BCUT2D eigenvalue weighted by atomic mass is 32.2. The third-order valence-corrected chi connectivity index (χ3v) is 10.1. The fourth-order valence-electron chi connectivity index (χ4n) is 5.52. The molecule has 0 unspecified atom stereocenters. The molecule has 1 aliphatic heterocycles. The van der Waals surface area contributed by atoms with Crippen LogP contribution >= 0.6 is 23.1 Å². The number of hydrogen-bond acceptors (Lipinski definition) is 10. The second-order valence-electron chi connectivity index (χ2n) is 15.8. The van der Waals surface area contributed by atoms with Gasteiger partial charge in [0.15, 0.2) is 0 Å². The molecular weight excluding hydrogens is 689 g/mol. The maximum Gasteiger partial charge on any atom is 0.410 e. The zero-order valence-corrected chi connectivity index (χ0v) is 33.5. The van der Waals surface area contributed by atoms with Gasteiger partial charge >= 0.3 is 6.09 Å². The molecule has 4 atom stereocenters. The van der Waals surface area contributed by atoms with Crippen molar-refractivity contribution in [3.63, 3.8) is 0 Å². The lowest BCUT2D eigenvalue weighted by Gasteiger charge is -2.43. The van der Waals surface area contributed by atoms with Crippen LogP contribution in [0.15, 0.2) is 35.7 Å². The molecule has 14 heteroatoms. The van der Waals surface area contributed by atoms with E-state index < -0.39 is 47.4 Å². The predicted octanol–water partition coefficient (Wildman–Crippen LogP) is 5.16. The van der Waals surface area contributed by atoms with Crippen molar-refractivity contribution < 1.29 is 29.0 Å². The number of rotatable bonds is 13. The lowest BCUT2D eigenvalue weighted by Crippen LogP contribution is -2.64. The van der Waals surface area contributed by atoms with Crippen LogP contribution in [0.1, 0.15) is 91.4 Å². The zero-order chi connectivity index (χ0) is 38.1. The van der Waals surface area contributed by atoms with E-state index >= 15 is 0 Å². The molecule has 1 aliphatic rings. The van der Waals surface area contributed by atoms with Gasteiger partial charge in [0.1, 0.15) is 17.7 Å². The second kappa shape index (κ2) is 18.5. The number of aliphatic hydroxyl groups is 1. The Morgan fingerprint density at radius 1 is 1.02 bits per heavy atom. The first-order valence-corrected chi connectivity index (χ1v) is 19.5. The molecule has 2 aromatic rings. The van der Waals surface area contributed by atoms with E-state index in [1.165, 1.54) is 4.90 Å². The standard InChI is InChI=1S/C37H58N6O6S2/c1-23(2)30(40-34(47)51-22-26-21-50-33(38-26)24(3)4)32(46)39-27(18-25-14-12-11-13-15-25)29(44)20-42-16-17-43(35(48)49-37(8,9)10)19-28(42)31(45)41-36(5,6)7/h11-15,21,23-24,27-30,44H,16-20,22H2,1-10H3,(H,39,46)(H,40,47)(H,41,45)/t27-,28-,29+,30-/m0/s1. The molecule has 4 amide bonds. The average Bonchev–Trinajstić information content (AvgIpc) is 3.51. The van der Waals surface area contributed by atoms with Crippen LogP contribution in [0.3, 0.4) is 0 Å². The Bertz CT molecular complexity index is 1460. The van der Waals surface area contributed by atoms with Crippen LogP contribution in [0.5, 0.6) is 0 Å². The van der Waals surface area contributed by atoms with Crippen molar-refractivity contribution in [3.05, 3.63) is 52.0 Å². The van der Waals surface area contributed by atoms with Crippen LogP contribution < -0.4 is 16.0 Å². The maximum absolute atomic E-state index is 13.8. The Kier molecular flexibility index (Phi) is 15.3. The van der Waals surface area contributed by atoms with E-state index in [1.54, 1.807) is 32.1 Å². The van der Waals surface area contributed by atoms with E-state index in [9.17, 15) is 24.3 Å². The van der Waals surface area contributed by atoms with Crippen LogP contribution in [-0.2, 0) is 26.5 Å². The van der Waals surface area contributed by atoms with Gasteiger partial charge in [-0.3, -0.25) is 19.3 Å². The summed E-state index contributed by atoms with van der Waals surface area (Å²) in [5.41, 5.74) is 0.511. The minimum Gasteiger partial charge on any atom is -0.444 e. The first kappa shape index (κ1) is 42.2. The number of amides is 4. The quantitative estimate of drug-likeness (QED) is 0.218. The predicted molar refractivity (Wildman–Crippen MR) is 204 cm³/mol. The Labute approximate surface area is 311 Å². The highest BCUT2D eigenvalue weighted by Crippen LogP contribution is 2.23. The summed E-state index contributed by atoms with van der Waals surface area (Å²) in [5, 5.41) is 23.3. The number of aromatic nitrogens is 1. The van der Waals surface area contributed by atoms with Gasteiger partial charge in [0.05, 0.1) is 22.8 Å². The molecule has 1 aromatic carbocycles. The van der Waals surface area contributed by atoms with Gasteiger partial charge in [0, 0.05) is 48.8 Å². The number of thiazole rings is 1. The van der Waals surface area contributed by atoms with Crippen LogP contribution in [-0.4, -0.2) is 105 Å². The number of ether oxygens (including phenoxy) is 1. The molecule has 284 valence electrons. The van der Waals surface area contributed by atoms with Crippen molar-refractivity contribution in [1.29, 1.82) is 0 Å². The van der Waals surface area contributed by atoms with E-state index in [0.29, 0.717) is 31.2 Å². The fraction of sp³-hybridized carbons (Fsp3) is 0.649. The molecule has 12 nitrogen and oxygen atoms in total. The summed E-state index contributed by atoms with van der Waals surface area (Å²) < 4.78 is 5.59. The lowest BCUT2D eigenvalue weighted by molar-refractivity contribution is -0.132. The Morgan fingerprint density at radius 3 is 2.25 bits per heavy atom. The number of nitrogens with zero attached hydrogens (tertiary/aromatic N) is 3. The van der Waals surface area contributed by atoms with E-state index in [0.717, 1.165) is 28.0 Å². The topological polar surface area (TPSA) is 153 Å². The molecule has 2 heterocycles. The molecule has 1 fully saturated rings. The van der Waals surface area contributed by atoms with Crippen molar-refractivity contribution in [2.24, 2.45) is 5.92 Å². The van der Waals surface area contributed by atoms with Crippen molar-refractivity contribution in [2.75, 3.05) is 26.2 Å². The van der Waals surface area contributed by atoms with Gasteiger partial charge in [0.25, 0.3) is 5.24 Å². The number of β-amino-alcohol motifs (C(OH)–C–C–N with tert-alkyl or cyclic N) is 1. The zero-order valence-electron chi connectivity index (χ0n) is 31.8. The minimum atomic E-state index is -1.09. The molecule has 0 spiro atoms. The monoisotopic (exact) mass is 746 g/mol. The Morgan fingerprint density at radius 2 is 1.69 bits per heavy atom. The molecule has 1 aromatic heterocycles. The molecule has 51 heavy (non-hydrogen) atoms. The van der Waals surface area contributed by atoms with Gasteiger partial charge in [-0.1, -0.05) is 69.8 Å². The third kappa shape index (κ3) is 14.0. The SMILES string of the molecule is CC(C)c1nc(CSC(=O)N[C@H](C(=O)N[C@@H](Cc2ccccc2)[C@H](O)CN2CCN(C(=O)OC(C)(C)C)C[C@H]2C(=O)NC(C)(C)C)C(C)C)cs1. The van der Waals surface area contributed by atoms with Gasteiger partial charge in [-0.2, -0.15) is 0 Å². The van der Waals surface area contributed by atoms with Gasteiger partial charge in [-0.25, -0.2) is 9.78 Å². The smallest absolute Gasteiger partial charge is 0.410 e. The van der Waals surface area contributed by atoms with Crippen molar-refractivity contribution in [1.82, 2.24) is 30.7 Å². The number of piperazine rings is 1. The number of nitrogens with one attached hydrogen (secondary N) is 3. The average molecular weight is 747 g/mol. The van der Waals surface area contributed by atoms with Crippen LogP contribution in [0.25, 0.3) is 0 Å². The second-order valence-corrected chi connectivity index (χ2v) is 17.7. The Balaban J connectivity index is 1.77. The normalized spacial score (nSPS) is 17.5. The molecular formula is C37H58N6O6S2. The number of benzene rings is 1. The molecule has 0 saturated carbocycles. The Hall–Kier alpha value is -3.20. The van der Waals surface area contributed by atoms with Crippen molar-refractivity contribution >= 4 is 46.2 Å². The summed E-state index contributed by atoms with van der Waals surface area (Å²) in [7, 11) is 0. The largest absolute Gasteiger partial charge is 0.444 e. The van der Waals surface area contributed by atoms with Crippen molar-refractivity contribution in [3.8, 4) is 0 Å². The molecule has 0 aliphatic carbocycles. The fourth-order valence-corrected chi connectivity index (χ4v) is 7.10. The summed E-state index contributed by atoms with van der Waals surface area (Å²) in [6.45, 7) is 19.6.